The van der Waals surface area contributed by atoms with Crippen LogP contribution in [0.1, 0.15) is 5.56 Å². The van der Waals surface area contributed by atoms with Crippen LogP contribution in [-0.4, -0.2) is 27.3 Å². The number of aliphatic hydroxyl groups is 1. The summed E-state index contributed by atoms with van der Waals surface area (Å²) in [6.45, 7) is -0.158. The number of ether oxygens (including phenoxy) is 1. The van der Waals surface area contributed by atoms with Gasteiger partial charge in [0.25, 0.3) is 0 Å². The lowest BCUT2D eigenvalue weighted by Gasteiger charge is -2.12. The van der Waals surface area contributed by atoms with E-state index in [1.54, 1.807) is 12.1 Å². The Bertz CT molecular complexity index is 895. The number of rotatable bonds is 4. The minimum Gasteiger partial charge on any atom is -0.505 e. The van der Waals surface area contributed by atoms with E-state index in [0.717, 1.165) is 0 Å². The van der Waals surface area contributed by atoms with Gasteiger partial charge in [0, 0.05) is 16.6 Å². The van der Waals surface area contributed by atoms with Crippen LogP contribution in [0.2, 0.25) is 10.0 Å². The molecule has 0 atom stereocenters. The Balaban J connectivity index is 2.09. The number of phenolic OH excluding ortho intramolecular Hbond substituents is 1. The van der Waals surface area contributed by atoms with Crippen molar-refractivity contribution >= 4 is 45.6 Å². The molecule has 0 saturated carbocycles. The zero-order chi connectivity index (χ0) is 17.3. The monoisotopic (exact) mass is 365 g/mol. The van der Waals surface area contributed by atoms with Gasteiger partial charge >= 0.3 is 0 Å². The second kappa shape index (κ2) is 6.68. The first kappa shape index (κ1) is 16.6. The number of aromatic hydroxyl groups is 1. The van der Waals surface area contributed by atoms with Crippen molar-refractivity contribution in [2.45, 2.75) is 6.61 Å². The lowest BCUT2D eigenvalue weighted by atomic mass is 10.1. The third kappa shape index (κ3) is 3.03. The molecule has 124 valence electrons. The normalized spacial score (nSPS) is 10.8. The van der Waals surface area contributed by atoms with E-state index in [0.29, 0.717) is 33.7 Å². The fraction of sp³-hybridized carbons (Fsp3) is 0.125. The SMILES string of the molecule is COc1cc2c(Nc3cc(Cl)c(O)c(Cl)c3)ncnc2cc1CO. The Morgan fingerprint density at radius 1 is 1.12 bits per heavy atom. The van der Waals surface area contributed by atoms with Crippen LogP contribution in [0, 0.1) is 0 Å². The van der Waals surface area contributed by atoms with Crippen LogP contribution in [0.4, 0.5) is 11.5 Å². The highest BCUT2D eigenvalue weighted by molar-refractivity contribution is 6.37. The molecular weight excluding hydrogens is 353 g/mol. The Labute approximate surface area is 147 Å². The van der Waals surface area contributed by atoms with E-state index in [-0.39, 0.29) is 22.4 Å². The molecule has 8 heteroatoms. The number of halogens is 2. The highest BCUT2D eigenvalue weighted by Gasteiger charge is 2.12. The van der Waals surface area contributed by atoms with Gasteiger partial charge in [-0.15, -0.1) is 0 Å². The standard InChI is InChI=1S/C16H13Cl2N3O3/c1-24-14-5-10-13(2-8(14)6-22)19-7-20-16(10)21-9-3-11(17)15(23)12(18)4-9/h2-5,7,22-23H,6H2,1H3,(H,19,20,21). The van der Waals surface area contributed by atoms with E-state index in [9.17, 15) is 10.2 Å². The average Bonchev–Trinajstić information content (AvgIpc) is 2.58. The van der Waals surface area contributed by atoms with E-state index in [2.05, 4.69) is 15.3 Å². The summed E-state index contributed by atoms with van der Waals surface area (Å²) < 4.78 is 5.28. The molecule has 1 aromatic heterocycles. The summed E-state index contributed by atoms with van der Waals surface area (Å²) >= 11 is 11.9. The summed E-state index contributed by atoms with van der Waals surface area (Å²) in [5.74, 6) is 0.871. The zero-order valence-corrected chi connectivity index (χ0v) is 14.1. The van der Waals surface area contributed by atoms with Crippen molar-refractivity contribution in [1.82, 2.24) is 9.97 Å². The molecule has 3 rings (SSSR count). The molecule has 0 spiro atoms. The number of benzene rings is 2. The molecule has 3 N–H and O–H groups in total. The van der Waals surface area contributed by atoms with Gasteiger partial charge in [-0.2, -0.15) is 0 Å². The smallest absolute Gasteiger partial charge is 0.152 e. The first-order valence-electron chi connectivity index (χ1n) is 6.91. The van der Waals surface area contributed by atoms with Crippen LogP contribution in [0.25, 0.3) is 10.9 Å². The Hall–Kier alpha value is -2.28. The predicted molar refractivity (Wildman–Crippen MR) is 93.4 cm³/mol. The van der Waals surface area contributed by atoms with Gasteiger partial charge in [-0.3, -0.25) is 0 Å². The fourth-order valence-electron chi connectivity index (χ4n) is 2.31. The van der Waals surface area contributed by atoms with E-state index >= 15 is 0 Å². The van der Waals surface area contributed by atoms with Crippen molar-refractivity contribution in [2.24, 2.45) is 0 Å². The minimum atomic E-state index is -0.175. The molecule has 0 radical (unpaired) electrons. The van der Waals surface area contributed by atoms with Crippen LogP contribution >= 0.6 is 23.2 Å². The van der Waals surface area contributed by atoms with E-state index in [1.165, 1.54) is 25.6 Å². The topological polar surface area (TPSA) is 87.5 Å². The van der Waals surface area contributed by atoms with E-state index in [4.69, 9.17) is 27.9 Å². The number of aromatic nitrogens is 2. The summed E-state index contributed by atoms with van der Waals surface area (Å²) in [6, 6.07) is 6.55. The summed E-state index contributed by atoms with van der Waals surface area (Å²) in [5, 5.41) is 23.1. The quantitative estimate of drug-likeness (QED) is 0.608. The first-order chi connectivity index (χ1) is 11.5. The maximum Gasteiger partial charge on any atom is 0.152 e. The number of methoxy groups -OCH3 is 1. The number of hydrogen-bond acceptors (Lipinski definition) is 6. The third-order valence-corrected chi connectivity index (χ3v) is 4.06. The summed E-state index contributed by atoms with van der Waals surface area (Å²) in [4.78, 5) is 8.43. The van der Waals surface area contributed by atoms with Gasteiger partial charge in [0.2, 0.25) is 0 Å². The Kier molecular flexibility index (Phi) is 4.62. The van der Waals surface area contributed by atoms with Gasteiger partial charge in [0.1, 0.15) is 17.9 Å². The molecule has 2 aromatic carbocycles. The summed E-state index contributed by atoms with van der Waals surface area (Å²) in [6.07, 6.45) is 1.40. The number of aliphatic hydroxyl groups excluding tert-OH is 1. The molecule has 0 bridgehead atoms. The number of fused-ring (bicyclic) bond motifs is 1. The first-order valence-corrected chi connectivity index (χ1v) is 7.66. The van der Waals surface area contributed by atoms with Gasteiger partial charge in [-0.25, -0.2) is 9.97 Å². The number of nitrogens with zero attached hydrogens (tertiary/aromatic N) is 2. The second-order valence-corrected chi connectivity index (χ2v) is 5.79. The average molecular weight is 366 g/mol. The van der Waals surface area contributed by atoms with E-state index in [1.807, 2.05) is 0 Å². The molecule has 0 saturated heterocycles. The van der Waals surface area contributed by atoms with Crippen molar-refractivity contribution in [3.8, 4) is 11.5 Å². The molecule has 1 heterocycles. The minimum absolute atomic E-state index is 0.128. The number of hydrogen-bond donors (Lipinski definition) is 3. The molecule has 0 aliphatic rings. The van der Waals surface area contributed by atoms with Crippen molar-refractivity contribution in [1.29, 1.82) is 0 Å². The third-order valence-electron chi connectivity index (χ3n) is 3.49. The lowest BCUT2D eigenvalue weighted by molar-refractivity contribution is 0.274. The molecule has 3 aromatic rings. The van der Waals surface area contributed by atoms with Crippen molar-refractivity contribution < 1.29 is 14.9 Å². The molecule has 0 aliphatic carbocycles. The number of nitrogens with one attached hydrogen (secondary N) is 1. The fourth-order valence-corrected chi connectivity index (χ4v) is 2.80. The molecule has 6 nitrogen and oxygen atoms in total. The Morgan fingerprint density at radius 3 is 2.46 bits per heavy atom. The van der Waals surface area contributed by atoms with Crippen LogP contribution in [0.3, 0.4) is 0 Å². The van der Waals surface area contributed by atoms with Gasteiger partial charge in [0.05, 0.1) is 29.3 Å². The van der Waals surface area contributed by atoms with Gasteiger partial charge in [-0.05, 0) is 24.3 Å². The van der Waals surface area contributed by atoms with Crippen LogP contribution in [0.15, 0.2) is 30.6 Å². The highest BCUT2D eigenvalue weighted by atomic mass is 35.5. The van der Waals surface area contributed by atoms with Gasteiger partial charge < -0.3 is 20.3 Å². The zero-order valence-electron chi connectivity index (χ0n) is 12.5. The molecule has 0 amide bonds. The van der Waals surface area contributed by atoms with E-state index < -0.39 is 0 Å². The van der Waals surface area contributed by atoms with Crippen molar-refractivity contribution in [3.63, 3.8) is 0 Å². The number of phenols is 1. The molecule has 0 fully saturated rings. The lowest BCUT2D eigenvalue weighted by Crippen LogP contribution is -1.99. The van der Waals surface area contributed by atoms with Gasteiger partial charge in [-0.1, -0.05) is 23.2 Å². The maximum atomic E-state index is 9.64. The second-order valence-electron chi connectivity index (χ2n) is 4.98. The summed E-state index contributed by atoms with van der Waals surface area (Å²) in [7, 11) is 1.52. The molecule has 0 unspecified atom stereocenters. The molecule has 0 aliphatic heterocycles. The van der Waals surface area contributed by atoms with Crippen LogP contribution in [-0.2, 0) is 6.61 Å². The maximum absolute atomic E-state index is 9.64. The molecule has 24 heavy (non-hydrogen) atoms. The summed E-state index contributed by atoms with van der Waals surface area (Å²) in [5.41, 5.74) is 1.84. The van der Waals surface area contributed by atoms with Gasteiger partial charge in [0.15, 0.2) is 5.75 Å². The Morgan fingerprint density at radius 2 is 1.83 bits per heavy atom. The van der Waals surface area contributed by atoms with Crippen LogP contribution in [0.5, 0.6) is 11.5 Å². The highest BCUT2D eigenvalue weighted by Crippen LogP contribution is 2.36. The molecular formula is C16H13Cl2N3O3. The van der Waals surface area contributed by atoms with Crippen LogP contribution < -0.4 is 10.1 Å². The van der Waals surface area contributed by atoms with Crippen molar-refractivity contribution in [2.75, 3.05) is 12.4 Å². The van der Waals surface area contributed by atoms with Crippen molar-refractivity contribution in [3.05, 3.63) is 46.2 Å². The number of anilines is 2. The largest absolute Gasteiger partial charge is 0.505 e. The predicted octanol–water partition coefficient (Wildman–Crippen LogP) is 3.89.